The lowest BCUT2D eigenvalue weighted by Gasteiger charge is -2.29. The van der Waals surface area contributed by atoms with E-state index in [9.17, 15) is 0 Å². The maximum Gasteiger partial charge on any atom is 0.136 e. The quantitative estimate of drug-likeness (QED) is 0.879. The molecule has 2 aromatic heterocycles. The van der Waals surface area contributed by atoms with Crippen molar-refractivity contribution < 1.29 is 0 Å². The van der Waals surface area contributed by atoms with Gasteiger partial charge in [0.2, 0.25) is 0 Å². The summed E-state index contributed by atoms with van der Waals surface area (Å²) in [6.07, 6.45) is 1.88. The van der Waals surface area contributed by atoms with Gasteiger partial charge in [-0.3, -0.25) is 0 Å². The summed E-state index contributed by atoms with van der Waals surface area (Å²) in [5.74, 6) is 1.12. The van der Waals surface area contributed by atoms with Crippen LogP contribution in [0.1, 0.15) is 0 Å². The molecule has 0 radical (unpaired) electrons. The fourth-order valence-electron chi connectivity index (χ4n) is 2.17. The van der Waals surface area contributed by atoms with E-state index in [-0.39, 0.29) is 0 Å². The summed E-state index contributed by atoms with van der Waals surface area (Å²) >= 11 is 1.73. The molecule has 0 amide bonds. The molecule has 1 N–H and O–H groups in total. The predicted molar refractivity (Wildman–Crippen MR) is 72.6 cm³/mol. The van der Waals surface area contributed by atoms with E-state index in [2.05, 4.69) is 38.1 Å². The highest BCUT2D eigenvalue weighted by atomic mass is 32.1. The summed E-state index contributed by atoms with van der Waals surface area (Å²) in [7, 11) is 0. The highest BCUT2D eigenvalue weighted by Crippen LogP contribution is 2.30. The Labute approximate surface area is 105 Å². The number of anilines is 1. The molecular weight excluding hydrogens is 230 g/mol. The average Bonchev–Trinajstić information content (AvgIpc) is 2.94. The standard InChI is InChI=1S/C13H15N3S/c1-2-12(11-3-9-17-10-11)13(15-4-1)16-7-5-14-6-8-16/h1-4,9-10,14H,5-8H2. The highest BCUT2D eigenvalue weighted by Gasteiger charge is 2.15. The Bertz CT molecular complexity index is 475. The normalized spacial score (nSPS) is 16.1. The third-order valence-corrected chi connectivity index (χ3v) is 3.72. The molecule has 2 aromatic rings. The van der Waals surface area contributed by atoms with E-state index in [4.69, 9.17) is 0 Å². The smallest absolute Gasteiger partial charge is 0.136 e. The van der Waals surface area contributed by atoms with E-state index in [1.165, 1.54) is 11.1 Å². The van der Waals surface area contributed by atoms with Crippen molar-refractivity contribution in [3.8, 4) is 11.1 Å². The van der Waals surface area contributed by atoms with Gasteiger partial charge in [-0.2, -0.15) is 11.3 Å². The van der Waals surface area contributed by atoms with Gasteiger partial charge in [-0.1, -0.05) is 0 Å². The van der Waals surface area contributed by atoms with Crippen molar-refractivity contribution in [2.24, 2.45) is 0 Å². The molecule has 3 heterocycles. The zero-order chi connectivity index (χ0) is 11.5. The molecule has 0 unspecified atom stereocenters. The summed E-state index contributed by atoms with van der Waals surface area (Å²) in [4.78, 5) is 6.93. The molecule has 1 saturated heterocycles. The minimum atomic E-state index is 1.04. The van der Waals surface area contributed by atoms with Crippen molar-refractivity contribution in [3.05, 3.63) is 35.2 Å². The van der Waals surface area contributed by atoms with E-state index in [1.54, 1.807) is 11.3 Å². The SMILES string of the molecule is c1cnc(N2CCNCC2)c(-c2ccsc2)c1. The van der Waals surface area contributed by atoms with E-state index in [0.29, 0.717) is 0 Å². The zero-order valence-electron chi connectivity index (χ0n) is 9.60. The molecule has 1 aliphatic rings. The van der Waals surface area contributed by atoms with Crippen molar-refractivity contribution in [3.63, 3.8) is 0 Å². The molecular formula is C13H15N3S. The summed E-state index contributed by atoms with van der Waals surface area (Å²) in [6, 6.07) is 6.33. The Morgan fingerprint density at radius 2 is 2.12 bits per heavy atom. The maximum absolute atomic E-state index is 4.56. The second kappa shape index (κ2) is 4.85. The number of aromatic nitrogens is 1. The van der Waals surface area contributed by atoms with Crippen LogP contribution in [0.5, 0.6) is 0 Å². The number of thiophene rings is 1. The number of hydrogen-bond acceptors (Lipinski definition) is 4. The second-order valence-electron chi connectivity index (χ2n) is 4.12. The first-order valence-electron chi connectivity index (χ1n) is 5.88. The van der Waals surface area contributed by atoms with Gasteiger partial charge in [-0.15, -0.1) is 0 Å². The molecule has 17 heavy (non-hydrogen) atoms. The highest BCUT2D eigenvalue weighted by molar-refractivity contribution is 7.08. The second-order valence-corrected chi connectivity index (χ2v) is 4.90. The van der Waals surface area contributed by atoms with Crippen molar-refractivity contribution in [1.29, 1.82) is 0 Å². The Morgan fingerprint density at radius 3 is 2.88 bits per heavy atom. The van der Waals surface area contributed by atoms with Crippen LogP contribution in [0.15, 0.2) is 35.2 Å². The third-order valence-electron chi connectivity index (χ3n) is 3.04. The van der Waals surface area contributed by atoms with Gasteiger partial charge in [0, 0.05) is 37.9 Å². The molecule has 0 aliphatic carbocycles. The number of piperazine rings is 1. The maximum atomic E-state index is 4.56. The monoisotopic (exact) mass is 245 g/mol. The molecule has 3 rings (SSSR count). The van der Waals surface area contributed by atoms with Crippen molar-refractivity contribution in [1.82, 2.24) is 10.3 Å². The summed E-state index contributed by atoms with van der Waals surface area (Å²) < 4.78 is 0. The number of pyridine rings is 1. The molecule has 3 nitrogen and oxygen atoms in total. The minimum absolute atomic E-state index is 1.04. The van der Waals surface area contributed by atoms with Crippen LogP contribution in [0.3, 0.4) is 0 Å². The van der Waals surface area contributed by atoms with Gasteiger partial charge >= 0.3 is 0 Å². The van der Waals surface area contributed by atoms with E-state index in [0.717, 1.165) is 32.0 Å². The lowest BCUT2D eigenvalue weighted by Crippen LogP contribution is -2.44. The molecule has 0 saturated carbocycles. The van der Waals surface area contributed by atoms with E-state index < -0.39 is 0 Å². The third kappa shape index (κ3) is 2.18. The van der Waals surface area contributed by atoms with Crippen LogP contribution >= 0.6 is 11.3 Å². The molecule has 0 spiro atoms. The summed E-state index contributed by atoms with van der Waals surface area (Å²) in [5.41, 5.74) is 2.52. The van der Waals surface area contributed by atoms with Gasteiger partial charge in [0.25, 0.3) is 0 Å². The Morgan fingerprint density at radius 1 is 1.24 bits per heavy atom. The molecule has 4 heteroatoms. The van der Waals surface area contributed by atoms with Gasteiger partial charge in [0.05, 0.1) is 0 Å². The topological polar surface area (TPSA) is 28.2 Å². The summed E-state index contributed by atoms with van der Waals surface area (Å²) in [6.45, 7) is 4.15. The molecule has 0 atom stereocenters. The molecule has 0 bridgehead atoms. The van der Waals surface area contributed by atoms with E-state index in [1.807, 2.05) is 12.3 Å². The Balaban J connectivity index is 1.98. The van der Waals surface area contributed by atoms with Gasteiger partial charge in [-0.05, 0) is 34.5 Å². The van der Waals surface area contributed by atoms with Crippen LogP contribution in [0.4, 0.5) is 5.82 Å². The molecule has 1 fully saturated rings. The van der Waals surface area contributed by atoms with Crippen LogP contribution in [0.25, 0.3) is 11.1 Å². The Hall–Kier alpha value is -1.39. The number of nitrogens with one attached hydrogen (secondary N) is 1. The van der Waals surface area contributed by atoms with Crippen LogP contribution in [-0.2, 0) is 0 Å². The number of rotatable bonds is 2. The molecule has 1 aliphatic heterocycles. The van der Waals surface area contributed by atoms with Crippen LogP contribution in [0.2, 0.25) is 0 Å². The fourth-order valence-corrected chi connectivity index (χ4v) is 2.82. The van der Waals surface area contributed by atoms with Crippen molar-refractivity contribution in [2.75, 3.05) is 31.1 Å². The minimum Gasteiger partial charge on any atom is -0.354 e. The summed E-state index contributed by atoms with van der Waals surface area (Å²) in [5, 5.41) is 7.67. The van der Waals surface area contributed by atoms with Crippen molar-refractivity contribution in [2.45, 2.75) is 0 Å². The number of nitrogens with zero attached hydrogens (tertiary/aromatic N) is 2. The fraction of sp³-hybridized carbons (Fsp3) is 0.308. The first kappa shape index (κ1) is 10.7. The largest absolute Gasteiger partial charge is 0.354 e. The number of hydrogen-bond donors (Lipinski definition) is 1. The van der Waals surface area contributed by atoms with Gasteiger partial charge in [0.1, 0.15) is 5.82 Å². The first-order chi connectivity index (χ1) is 8.45. The predicted octanol–water partition coefficient (Wildman–Crippen LogP) is 2.22. The van der Waals surface area contributed by atoms with E-state index >= 15 is 0 Å². The van der Waals surface area contributed by atoms with Crippen LogP contribution in [0, 0.1) is 0 Å². The molecule has 88 valence electrons. The van der Waals surface area contributed by atoms with Crippen molar-refractivity contribution >= 4 is 17.2 Å². The van der Waals surface area contributed by atoms with Gasteiger partial charge < -0.3 is 10.2 Å². The van der Waals surface area contributed by atoms with Gasteiger partial charge in [-0.25, -0.2) is 4.98 Å². The van der Waals surface area contributed by atoms with Crippen LogP contribution in [-0.4, -0.2) is 31.2 Å². The van der Waals surface area contributed by atoms with Crippen LogP contribution < -0.4 is 10.2 Å². The lowest BCUT2D eigenvalue weighted by atomic mass is 10.1. The lowest BCUT2D eigenvalue weighted by molar-refractivity contribution is 0.585. The first-order valence-corrected chi connectivity index (χ1v) is 6.83. The Kier molecular flexibility index (Phi) is 3.07. The molecule has 0 aromatic carbocycles. The zero-order valence-corrected chi connectivity index (χ0v) is 10.4. The van der Waals surface area contributed by atoms with Gasteiger partial charge in [0.15, 0.2) is 0 Å². The average molecular weight is 245 g/mol.